The Morgan fingerprint density at radius 3 is 2.71 bits per heavy atom. The standard InChI is InChI=1S/C23H23BrN4O3/c1-15-18-3-2-4-20(22(29)26-9-11-31-12-10-26)19(18)7-8-27(15)23(30)21-13-17-6-5-16(24)14-28(17)25-21/h2-6,13-15H,7-12H2,1H3. The van der Waals surface area contributed by atoms with Gasteiger partial charge in [-0.1, -0.05) is 12.1 Å². The molecule has 1 saturated heterocycles. The lowest BCUT2D eigenvalue weighted by atomic mass is 9.89. The number of hydrogen-bond donors (Lipinski definition) is 0. The summed E-state index contributed by atoms with van der Waals surface area (Å²) in [5.74, 6) is -0.0408. The molecule has 7 nitrogen and oxygen atoms in total. The molecule has 2 aromatic heterocycles. The fourth-order valence-corrected chi connectivity index (χ4v) is 4.82. The van der Waals surface area contributed by atoms with Gasteiger partial charge in [0.05, 0.1) is 24.8 Å². The zero-order valence-electron chi connectivity index (χ0n) is 17.3. The number of hydrogen-bond acceptors (Lipinski definition) is 4. The molecule has 2 amide bonds. The molecule has 0 aliphatic carbocycles. The van der Waals surface area contributed by atoms with Gasteiger partial charge in [0, 0.05) is 35.9 Å². The average Bonchev–Trinajstić information content (AvgIpc) is 3.22. The normalized spacial score (nSPS) is 18.8. The van der Waals surface area contributed by atoms with E-state index in [1.807, 2.05) is 59.3 Å². The average molecular weight is 483 g/mol. The van der Waals surface area contributed by atoms with Crippen LogP contribution >= 0.6 is 15.9 Å². The van der Waals surface area contributed by atoms with Crippen molar-refractivity contribution in [3.8, 4) is 0 Å². The molecule has 3 aromatic rings. The van der Waals surface area contributed by atoms with Gasteiger partial charge in [-0.25, -0.2) is 4.52 Å². The quantitative estimate of drug-likeness (QED) is 0.561. The van der Waals surface area contributed by atoms with Gasteiger partial charge >= 0.3 is 0 Å². The number of carbonyl (C=O) groups excluding carboxylic acids is 2. The van der Waals surface area contributed by atoms with E-state index in [0.717, 1.165) is 26.7 Å². The van der Waals surface area contributed by atoms with E-state index in [-0.39, 0.29) is 17.9 Å². The first-order chi connectivity index (χ1) is 15.0. The molecule has 160 valence electrons. The third kappa shape index (κ3) is 3.64. The highest BCUT2D eigenvalue weighted by Gasteiger charge is 2.32. The van der Waals surface area contributed by atoms with Crippen LogP contribution in [0.1, 0.15) is 44.9 Å². The summed E-state index contributed by atoms with van der Waals surface area (Å²) in [4.78, 5) is 30.1. The molecule has 1 atom stereocenters. The van der Waals surface area contributed by atoms with Gasteiger partial charge in [0.2, 0.25) is 0 Å². The van der Waals surface area contributed by atoms with E-state index in [1.165, 1.54) is 0 Å². The van der Waals surface area contributed by atoms with E-state index in [4.69, 9.17) is 4.74 Å². The van der Waals surface area contributed by atoms with Gasteiger partial charge in [0.1, 0.15) is 0 Å². The van der Waals surface area contributed by atoms with Crippen molar-refractivity contribution in [2.24, 2.45) is 0 Å². The van der Waals surface area contributed by atoms with Crippen LogP contribution in [0, 0.1) is 0 Å². The highest BCUT2D eigenvalue weighted by Crippen LogP contribution is 2.33. The maximum absolute atomic E-state index is 13.3. The van der Waals surface area contributed by atoms with Crippen molar-refractivity contribution in [1.29, 1.82) is 0 Å². The largest absolute Gasteiger partial charge is 0.378 e. The maximum atomic E-state index is 13.3. The molecule has 4 heterocycles. The van der Waals surface area contributed by atoms with Gasteiger partial charge in [0.25, 0.3) is 11.8 Å². The van der Waals surface area contributed by atoms with E-state index in [9.17, 15) is 9.59 Å². The topological polar surface area (TPSA) is 67.2 Å². The molecule has 5 rings (SSSR count). The Morgan fingerprint density at radius 2 is 1.90 bits per heavy atom. The number of nitrogens with zero attached hydrogens (tertiary/aromatic N) is 4. The molecule has 1 fully saturated rings. The number of amides is 2. The van der Waals surface area contributed by atoms with E-state index < -0.39 is 0 Å². The van der Waals surface area contributed by atoms with Gasteiger partial charge in [-0.15, -0.1) is 0 Å². The second-order valence-corrected chi connectivity index (χ2v) is 8.86. The lowest BCUT2D eigenvalue weighted by Gasteiger charge is -2.36. The Hall–Kier alpha value is -2.71. The van der Waals surface area contributed by atoms with Crippen molar-refractivity contribution in [3.05, 3.63) is 69.5 Å². The molecule has 1 aromatic carbocycles. The van der Waals surface area contributed by atoms with E-state index in [2.05, 4.69) is 21.0 Å². The van der Waals surface area contributed by atoms with Crippen molar-refractivity contribution in [2.75, 3.05) is 32.8 Å². The van der Waals surface area contributed by atoms with Gasteiger partial charge in [-0.2, -0.15) is 5.10 Å². The monoisotopic (exact) mass is 482 g/mol. The second-order valence-electron chi connectivity index (χ2n) is 7.95. The summed E-state index contributed by atoms with van der Waals surface area (Å²) in [5, 5.41) is 4.47. The Bertz CT molecular complexity index is 1170. The number of morpholine rings is 1. The predicted octanol–water partition coefficient (Wildman–Crippen LogP) is 3.33. The molecular formula is C23H23BrN4O3. The minimum Gasteiger partial charge on any atom is -0.378 e. The molecule has 8 heteroatoms. The summed E-state index contributed by atoms with van der Waals surface area (Å²) in [5.41, 5.74) is 4.12. The van der Waals surface area contributed by atoms with Crippen LogP contribution in [0.5, 0.6) is 0 Å². The van der Waals surface area contributed by atoms with Gasteiger partial charge in [0.15, 0.2) is 5.69 Å². The molecule has 0 bridgehead atoms. The predicted molar refractivity (Wildman–Crippen MR) is 119 cm³/mol. The Kier molecular flexibility index (Phi) is 5.27. The third-order valence-corrected chi connectivity index (χ3v) is 6.63. The number of aromatic nitrogens is 2. The molecule has 0 N–H and O–H groups in total. The molecule has 0 saturated carbocycles. The van der Waals surface area contributed by atoms with Crippen LogP contribution in [-0.4, -0.2) is 64.1 Å². The SMILES string of the molecule is CC1c2cccc(C(=O)N3CCOCC3)c2CCN1C(=O)c1cc2ccc(Br)cn2n1. The van der Waals surface area contributed by atoms with Crippen LogP contribution in [0.25, 0.3) is 5.52 Å². The molecule has 0 radical (unpaired) electrons. The second kappa shape index (κ2) is 8.09. The van der Waals surface area contributed by atoms with Crippen molar-refractivity contribution < 1.29 is 14.3 Å². The number of rotatable bonds is 2. The van der Waals surface area contributed by atoms with E-state index in [1.54, 1.807) is 4.52 Å². The molecule has 2 aliphatic rings. The number of carbonyl (C=O) groups is 2. The van der Waals surface area contributed by atoms with E-state index in [0.29, 0.717) is 45.0 Å². The molecule has 1 unspecified atom stereocenters. The molecule has 2 aliphatic heterocycles. The number of ether oxygens (including phenoxy) is 1. The number of pyridine rings is 1. The van der Waals surface area contributed by atoms with Gasteiger partial charge < -0.3 is 14.5 Å². The van der Waals surface area contributed by atoms with E-state index >= 15 is 0 Å². The van der Waals surface area contributed by atoms with Crippen molar-refractivity contribution >= 4 is 33.3 Å². The third-order valence-electron chi connectivity index (χ3n) is 6.16. The first-order valence-electron chi connectivity index (χ1n) is 10.5. The lowest BCUT2D eigenvalue weighted by Crippen LogP contribution is -2.43. The van der Waals surface area contributed by atoms with Crippen LogP contribution in [0.2, 0.25) is 0 Å². The van der Waals surface area contributed by atoms with Crippen LogP contribution in [-0.2, 0) is 11.2 Å². The summed E-state index contributed by atoms with van der Waals surface area (Å²) in [6.45, 7) is 4.96. The first-order valence-corrected chi connectivity index (χ1v) is 11.3. The van der Waals surface area contributed by atoms with Crippen LogP contribution < -0.4 is 0 Å². The molecule has 31 heavy (non-hydrogen) atoms. The minimum atomic E-state index is -0.134. The zero-order chi connectivity index (χ0) is 21.5. The minimum absolute atomic E-state index is 0.0538. The molecular weight excluding hydrogens is 460 g/mol. The Morgan fingerprint density at radius 1 is 1.10 bits per heavy atom. The van der Waals surface area contributed by atoms with Crippen LogP contribution in [0.3, 0.4) is 0 Å². The highest BCUT2D eigenvalue weighted by molar-refractivity contribution is 9.10. The van der Waals surface area contributed by atoms with Gasteiger partial charge in [-0.3, -0.25) is 9.59 Å². The fraction of sp³-hybridized carbons (Fsp3) is 0.348. The number of fused-ring (bicyclic) bond motifs is 2. The summed E-state index contributed by atoms with van der Waals surface area (Å²) in [6.07, 6.45) is 2.49. The zero-order valence-corrected chi connectivity index (χ0v) is 18.8. The number of benzene rings is 1. The molecule has 0 spiro atoms. The maximum Gasteiger partial charge on any atom is 0.274 e. The highest BCUT2D eigenvalue weighted by atomic mass is 79.9. The number of halogens is 1. The fourth-order valence-electron chi connectivity index (χ4n) is 4.50. The summed E-state index contributed by atoms with van der Waals surface area (Å²) < 4.78 is 7.99. The van der Waals surface area contributed by atoms with Gasteiger partial charge in [-0.05, 0) is 64.7 Å². The summed E-state index contributed by atoms with van der Waals surface area (Å²) in [7, 11) is 0. The van der Waals surface area contributed by atoms with Crippen LogP contribution in [0.15, 0.2) is 47.1 Å². The lowest BCUT2D eigenvalue weighted by molar-refractivity contribution is 0.0301. The van der Waals surface area contributed by atoms with Crippen molar-refractivity contribution in [3.63, 3.8) is 0 Å². The Balaban J connectivity index is 1.42. The summed E-state index contributed by atoms with van der Waals surface area (Å²) in [6, 6.07) is 11.4. The first kappa shape index (κ1) is 20.2. The smallest absolute Gasteiger partial charge is 0.274 e. The Labute approximate surface area is 188 Å². The van der Waals surface area contributed by atoms with Crippen molar-refractivity contribution in [1.82, 2.24) is 19.4 Å². The van der Waals surface area contributed by atoms with Crippen LogP contribution in [0.4, 0.5) is 0 Å². The summed E-state index contributed by atoms with van der Waals surface area (Å²) >= 11 is 3.44. The van der Waals surface area contributed by atoms with Crippen molar-refractivity contribution in [2.45, 2.75) is 19.4 Å².